The second-order valence-electron chi connectivity index (χ2n) is 4.41. The summed E-state index contributed by atoms with van der Waals surface area (Å²) in [4.78, 5) is 11.0. The molecule has 2 N–H and O–H groups in total. The third-order valence-corrected chi connectivity index (χ3v) is 2.68. The highest BCUT2D eigenvalue weighted by Gasteiger charge is 2.29. The number of hydrogen-bond acceptors (Lipinski definition) is 7. The van der Waals surface area contributed by atoms with E-state index in [1.807, 2.05) is 0 Å². The SMILES string of the molecule is CC(=O)OC1CCCOC1OCCOCCOCCN. The topological polar surface area (TPSA) is 89.2 Å². The largest absolute Gasteiger partial charge is 0.457 e. The van der Waals surface area contributed by atoms with Crippen LogP contribution in [0.25, 0.3) is 0 Å². The van der Waals surface area contributed by atoms with Gasteiger partial charge in [-0.2, -0.15) is 0 Å². The van der Waals surface area contributed by atoms with Crippen LogP contribution in [0.2, 0.25) is 0 Å². The maximum absolute atomic E-state index is 11.0. The lowest BCUT2D eigenvalue weighted by Crippen LogP contribution is -2.39. The molecule has 7 nitrogen and oxygen atoms in total. The zero-order chi connectivity index (χ0) is 14.6. The number of nitrogens with two attached hydrogens (primary N) is 1. The Balaban J connectivity index is 2.05. The van der Waals surface area contributed by atoms with Crippen LogP contribution in [0.15, 0.2) is 0 Å². The molecule has 1 heterocycles. The van der Waals surface area contributed by atoms with E-state index < -0.39 is 6.29 Å². The highest BCUT2D eigenvalue weighted by Crippen LogP contribution is 2.18. The van der Waals surface area contributed by atoms with Gasteiger partial charge in [-0.15, -0.1) is 0 Å². The molecule has 118 valence electrons. The van der Waals surface area contributed by atoms with Gasteiger partial charge in [0.2, 0.25) is 0 Å². The van der Waals surface area contributed by atoms with Gasteiger partial charge in [0.05, 0.1) is 39.6 Å². The van der Waals surface area contributed by atoms with E-state index in [1.165, 1.54) is 6.92 Å². The molecular weight excluding hydrogens is 266 g/mol. The molecule has 0 saturated carbocycles. The van der Waals surface area contributed by atoms with E-state index in [4.69, 9.17) is 29.4 Å². The van der Waals surface area contributed by atoms with Gasteiger partial charge in [0, 0.05) is 13.5 Å². The molecule has 0 aromatic heterocycles. The first-order chi connectivity index (χ1) is 9.74. The van der Waals surface area contributed by atoms with Crippen molar-refractivity contribution in [3.63, 3.8) is 0 Å². The standard InChI is InChI=1S/C13H25NO6/c1-11(15)20-12-3-2-5-18-13(12)19-10-9-17-8-7-16-6-4-14/h12-13H,2-10,14H2,1H3. The average molecular weight is 291 g/mol. The molecule has 0 radical (unpaired) electrons. The third-order valence-electron chi connectivity index (χ3n) is 2.68. The zero-order valence-electron chi connectivity index (χ0n) is 12.0. The van der Waals surface area contributed by atoms with Crippen LogP contribution in [0.1, 0.15) is 19.8 Å². The van der Waals surface area contributed by atoms with Crippen molar-refractivity contribution in [2.75, 3.05) is 46.2 Å². The van der Waals surface area contributed by atoms with E-state index in [9.17, 15) is 4.79 Å². The molecule has 0 spiro atoms. The van der Waals surface area contributed by atoms with E-state index >= 15 is 0 Å². The number of hydrogen-bond donors (Lipinski definition) is 1. The minimum atomic E-state index is -0.496. The van der Waals surface area contributed by atoms with Gasteiger partial charge >= 0.3 is 5.97 Å². The quantitative estimate of drug-likeness (QED) is 0.450. The number of esters is 1. The molecule has 2 unspecified atom stereocenters. The lowest BCUT2D eigenvalue weighted by molar-refractivity contribution is -0.229. The molecule has 1 aliphatic heterocycles. The summed E-state index contributed by atoms with van der Waals surface area (Å²) in [6.45, 7) is 4.92. The predicted molar refractivity (Wildman–Crippen MR) is 71.2 cm³/mol. The lowest BCUT2D eigenvalue weighted by atomic mass is 10.1. The van der Waals surface area contributed by atoms with Gasteiger partial charge in [-0.1, -0.05) is 0 Å². The molecule has 0 amide bonds. The summed E-state index contributed by atoms with van der Waals surface area (Å²) in [6, 6.07) is 0. The van der Waals surface area contributed by atoms with Crippen molar-refractivity contribution >= 4 is 5.97 Å². The molecule has 0 aliphatic carbocycles. The molecule has 1 aliphatic rings. The molecule has 7 heteroatoms. The summed E-state index contributed by atoms with van der Waals surface area (Å²) < 4.78 is 26.7. The monoisotopic (exact) mass is 291 g/mol. The van der Waals surface area contributed by atoms with Gasteiger partial charge in [-0.3, -0.25) is 4.79 Å². The van der Waals surface area contributed by atoms with E-state index in [0.29, 0.717) is 46.2 Å². The Hall–Kier alpha value is -0.730. The van der Waals surface area contributed by atoms with E-state index in [2.05, 4.69) is 0 Å². The molecule has 0 aromatic rings. The molecule has 20 heavy (non-hydrogen) atoms. The smallest absolute Gasteiger partial charge is 0.303 e. The molecule has 0 aromatic carbocycles. The Labute approximate surface area is 119 Å². The Morgan fingerprint density at radius 3 is 2.60 bits per heavy atom. The summed E-state index contributed by atoms with van der Waals surface area (Å²) in [6.07, 6.45) is 0.809. The summed E-state index contributed by atoms with van der Waals surface area (Å²) in [5, 5.41) is 0. The summed E-state index contributed by atoms with van der Waals surface area (Å²) in [7, 11) is 0. The molecule has 0 bridgehead atoms. The highest BCUT2D eigenvalue weighted by molar-refractivity contribution is 5.66. The van der Waals surface area contributed by atoms with Crippen molar-refractivity contribution in [1.29, 1.82) is 0 Å². The van der Waals surface area contributed by atoms with Crippen LogP contribution in [0.4, 0.5) is 0 Å². The first-order valence-electron chi connectivity index (χ1n) is 7.00. The maximum Gasteiger partial charge on any atom is 0.303 e. The van der Waals surface area contributed by atoms with Crippen molar-refractivity contribution in [1.82, 2.24) is 0 Å². The Morgan fingerprint density at radius 1 is 1.20 bits per heavy atom. The summed E-state index contributed by atoms with van der Waals surface area (Å²) >= 11 is 0. The second-order valence-corrected chi connectivity index (χ2v) is 4.41. The molecule has 1 saturated heterocycles. The normalized spacial score (nSPS) is 22.7. The first-order valence-corrected chi connectivity index (χ1v) is 7.00. The van der Waals surface area contributed by atoms with Crippen LogP contribution < -0.4 is 5.73 Å². The fraction of sp³-hybridized carbons (Fsp3) is 0.923. The number of carbonyl (C=O) groups is 1. The maximum atomic E-state index is 11.0. The predicted octanol–water partition coefficient (Wildman–Crippen LogP) is 0.0631. The van der Waals surface area contributed by atoms with Crippen molar-refractivity contribution in [2.45, 2.75) is 32.2 Å². The fourth-order valence-corrected chi connectivity index (χ4v) is 1.84. The van der Waals surface area contributed by atoms with Crippen LogP contribution in [0, 0.1) is 0 Å². The van der Waals surface area contributed by atoms with Crippen LogP contribution in [-0.2, 0) is 28.5 Å². The second kappa shape index (κ2) is 11.0. The molecule has 1 rings (SSSR count). The van der Waals surface area contributed by atoms with E-state index in [0.717, 1.165) is 12.8 Å². The van der Waals surface area contributed by atoms with E-state index in [-0.39, 0.29) is 12.1 Å². The molecule has 1 fully saturated rings. The van der Waals surface area contributed by atoms with E-state index in [1.54, 1.807) is 0 Å². The van der Waals surface area contributed by atoms with Gasteiger partial charge in [0.25, 0.3) is 0 Å². The van der Waals surface area contributed by atoms with Crippen molar-refractivity contribution in [2.24, 2.45) is 5.73 Å². The van der Waals surface area contributed by atoms with Crippen LogP contribution >= 0.6 is 0 Å². The average Bonchev–Trinajstić information content (AvgIpc) is 2.43. The Morgan fingerprint density at radius 2 is 1.90 bits per heavy atom. The lowest BCUT2D eigenvalue weighted by Gasteiger charge is -2.30. The van der Waals surface area contributed by atoms with Gasteiger partial charge < -0.3 is 29.4 Å². The van der Waals surface area contributed by atoms with Gasteiger partial charge in [-0.05, 0) is 12.8 Å². The number of ether oxygens (including phenoxy) is 5. The highest BCUT2D eigenvalue weighted by atomic mass is 16.7. The number of carbonyl (C=O) groups excluding carboxylic acids is 1. The fourth-order valence-electron chi connectivity index (χ4n) is 1.84. The van der Waals surface area contributed by atoms with Gasteiger partial charge in [0.15, 0.2) is 12.4 Å². The van der Waals surface area contributed by atoms with Crippen LogP contribution in [-0.4, -0.2) is 64.5 Å². The van der Waals surface area contributed by atoms with Gasteiger partial charge in [0.1, 0.15) is 0 Å². The summed E-state index contributed by atoms with van der Waals surface area (Å²) in [5.74, 6) is -0.317. The zero-order valence-corrected chi connectivity index (χ0v) is 12.0. The van der Waals surface area contributed by atoms with Crippen molar-refractivity contribution in [3.8, 4) is 0 Å². The van der Waals surface area contributed by atoms with Crippen LogP contribution in [0.5, 0.6) is 0 Å². The minimum Gasteiger partial charge on any atom is -0.457 e. The van der Waals surface area contributed by atoms with Crippen LogP contribution in [0.3, 0.4) is 0 Å². The minimum absolute atomic E-state index is 0.317. The summed E-state index contributed by atoms with van der Waals surface area (Å²) in [5.41, 5.74) is 5.29. The molecule has 2 atom stereocenters. The number of rotatable bonds is 10. The Kier molecular flexibility index (Phi) is 9.52. The van der Waals surface area contributed by atoms with Gasteiger partial charge in [-0.25, -0.2) is 0 Å². The first kappa shape index (κ1) is 17.3. The third kappa shape index (κ3) is 7.76. The Bertz CT molecular complexity index is 263. The van der Waals surface area contributed by atoms with Crippen molar-refractivity contribution < 1.29 is 28.5 Å². The van der Waals surface area contributed by atoms with Crippen molar-refractivity contribution in [3.05, 3.63) is 0 Å². The molecular formula is C13H25NO6.